The quantitative estimate of drug-likeness (QED) is 0.112. The van der Waals surface area contributed by atoms with Gasteiger partial charge in [0.15, 0.2) is 11.2 Å². The van der Waals surface area contributed by atoms with E-state index in [9.17, 15) is 24.6 Å². The number of aromatic nitrogens is 6. The van der Waals surface area contributed by atoms with Crippen molar-refractivity contribution in [2.24, 2.45) is 11.8 Å². The number of hydrogen-bond donors (Lipinski definition) is 8. The van der Waals surface area contributed by atoms with Crippen LogP contribution in [0.3, 0.4) is 0 Å². The second-order valence-corrected chi connectivity index (χ2v) is 11.0. The summed E-state index contributed by atoms with van der Waals surface area (Å²) in [6.45, 7) is 3.56. The summed E-state index contributed by atoms with van der Waals surface area (Å²) in [6.07, 6.45) is 0.795. The van der Waals surface area contributed by atoms with Crippen LogP contribution in [0.4, 0.5) is 11.8 Å². The Morgan fingerprint density at radius 1 is 1.18 bits per heavy atom. The number of aliphatic hydroxyl groups is 5. The summed E-state index contributed by atoms with van der Waals surface area (Å²) in [5.74, 6) is 0.174. The molecule has 1 saturated carbocycles. The predicted molar refractivity (Wildman–Crippen MR) is 158 cm³/mol. The SMILES string of the molecule is CCOC(C)C(=O)C(O)O.Nc1ccn([C@@H]2CS[C@H](CO)O2)c(=O)n1.Nc1nc2c(ncn2[C@@H]2C[C@H](CO)[C@H]2CO)c(=O)[nH]1. The normalized spacial score (nSPS) is 23.3. The molecule has 6 atom stereocenters. The summed E-state index contributed by atoms with van der Waals surface area (Å²) < 4.78 is 13.3. The molecule has 1 unspecified atom stereocenters. The number of H-pyrrole nitrogens is 1. The monoisotopic (exact) mass is 642 g/mol. The number of carbonyl (C=O) groups excluding carboxylic acids is 1. The van der Waals surface area contributed by atoms with Crippen molar-refractivity contribution in [3.05, 3.63) is 39.4 Å². The van der Waals surface area contributed by atoms with Gasteiger partial charge in [-0.1, -0.05) is 0 Å². The van der Waals surface area contributed by atoms with Crippen molar-refractivity contribution < 1.29 is 39.8 Å². The van der Waals surface area contributed by atoms with E-state index in [4.69, 9.17) is 36.3 Å². The highest BCUT2D eigenvalue weighted by Gasteiger charge is 2.42. The molecule has 244 valence electrons. The van der Waals surface area contributed by atoms with E-state index < -0.39 is 23.9 Å². The van der Waals surface area contributed by atoms with Gasteiger partial charge in [-0.05, 0) is 32.3 Å². The largest absolute Gasteiger partial charge is 0.396 e. The highest BCUT2D eigenvalue weighted by molar-refractivity contribution is 8.00. The Bertz CT molecular complexity index is 1500. The van der Waals surface area contributed by atoms with E-state index in [1.165, 1.54) is 29.6 Å². The lowest BCUT2D eigenvalue weighted by atomic mass is 9.70. The van der Waals surface area contributed by atoms with Gasteiger partial charge in [0.1, 0.15) is 23.6 Å². The Morgan fingerprint density at radius 3 is 2.48 bits per heavy atom. The second-order valence-electron chi connectivity index (χ2n) is 9.82. The van der Waals surface area contributed by atoms with Crippen LogP contribution in [0.1, 0.15) is 32.5 Å². The van der Waals surface area contributed by atoms with Crippen molar-refractivity contribution in [3.8, 4) is 0 Å². The number of aliphatic hydroxyl groups excluding tert-OH is 4. The van der Waals surface area contributed by atoms with E-state index in [1.807, 2.05) is 0 Å². The van der Waals surface area contributed by atoms with Crippen LogP contribution in [0.5, 0.6) is 0 Å². The van der Waals surface area contributed by atoms with Crippen LogP contribution in [-0.4, -0.2) is 110 Å². The molecule has 10 N–H and O–H groups in total. The predicted octanol–water partition coefficient (Wildman–Crippen LogP) is -2.44. The summed E-state index contributed by atoms with van der Waals surface area (Å²) in [4.78, 5) is 47.9. The first-order valence-electron chi connectivity index (χ1n) is 13.6. The summed E-state index contributed by atoms with van der Waals surface area (Å²) in [6, 6.07) is 1.53. The molecule has 0 spiro atoms. The van der Waals surface area contributed by atoms with E-state index in [1.54, 1.807) is 23.8 Å². The van der Waals surface area contributed by atoms with E-state index in [2.05, 4.69) is 19.9 Å². The number of fused-ring (bicyclic) bond motifs is 1. The lowest BCUT2D eigenvalue weighted by Gasteiger charge is -2.43. The summed E-state index contributed by atoms with van der Waals surface area (Å²) in [5, 5.41) is 44.1. The molecule has 1 aliphatic heterocycles. The molecule has 0 bridgehead atoms. The number of carbonyl (C=O) groups is 1. The Morgan fingerprint density at radius 2 is 1.91 bits per heavy atom. The number of Topliss-reactive ketones (excluding diaryl/α,β-unsaturated/α-hetero) is 1. The lowest BCUT2D eigenvalue weighted by molar-refractivity contribution is -0.155. The zero-order valence-corrected chi connectivity index (χ0v) is 24.9. The third-order valence-corrected chi connectivity index (χ3v) is 8.12. The van der Waals surface area contributed by atoms with E-state index in [0.29, 0.717) is 18.0 Å². The van der Waals surface area contributed by atoms with Crippen molar-refractivity contribution in [3.63, 3.8) is 0 Å². The Kier molecular flexibility index (Phi) is 12.8. The minimum Gasteiger partial charge on any atom is -0.396 e. The number of ketones is 1. The summed E-state index contributed by atoms with van der Waals surface area (Å²) in [7, 11) is 0. The van der Waals surface area contributed by atoms with E-state index in [-0.39, 0.29) is 72.2 Å². The molecule has 4 heterocycles. The molecule has 18 nitrogen and oxygen atoms in total. The number of rotatable bonds is 9. The molecule has 2 aliphatic rings. The second kappa shape index (κ2) is 16.0. The highest BCUT2D eigenvalue weighted by atomic mass is 32.2. The van der Waals surface area contributed by atoms with Crippen LogP contribution in [0.15, 0.2) is 28.2 Å². The molecule has 3 aromatic rings. The van der Waals surface area contributed by atoms with E-state index in [0.717, 1.165) is 6.42 Å². The fraction of sp³-hybridized carbons (Fsp3) is 0.600. The lowest BCUT2D eigenvalue weighted by Crippen LogP contribution is -2.42. The van der Waals surface area contributed by atoms with Gasteiger partial charge in [-0.3, -0.25) is 19.1 Å². The standard InChI is InChI=1S/C11H15N5O3.C8H11N3O3S.C6H12O4/c12-11-14-9-8(10(19)15-11)13-4-16(9)7-1-5(2-17)6(7)3-18;9-5-1-2-11(8(13)10-5)6-4-15-7(3-12)14-6;1-3-10-4(2)5(7)6(8)9/h4-7,17-18H,1-3H2,(H3,12,14,15,19);1-2,6-7,12H,3-4H2,(H2,9,10,13);4,6,8-9H,3H2,1-2H3/t5-,6-,7-;6-,7+;/m10./s1. The first kappa shape index (κ1) is 35.1. The van der Waals surface area contributed by atoms with Crippen LogP contribution in [0, 0.1) is 11.8 Å². The summed E-state index contributed by atoms with van der Waals surface area (Å²) in [5.41, 5.74) is 10.5. The maximum atomic E-state index is 11.7. The molecule has 0 radical (unpaired) electrons. The molecule has 44 heavy (non-hydrogen) atoms. The minimum atomic E-state index is -1.92. The van der Waals surface area contributed by atoms with Gasteiger partial charge in [-0.15, -0.1) is 11.8 Å². The van der Waals surface area contributed by atoms with Gasteiger partial charge in [0, 0.05) is 43.7 Å². The number of nitrogen functional groups attached to an aromatic ring is 2. The number of thioether (sulfide) groups is 1. The summed E-state index contributed by atoms with van der Waals surface area (Å²) >= 11 is 1.47. The van der Waals surface area contributed by atoms with Gasteiger partial charge in [0.2, 0.25) is 18.0 Å². The number of ether oxygens (including phenoxy) is 2. The van der Waals surface area contributed by atoms with Crippen molar-refractivity contribution >= 4 is 40.5 Å². The van der Waals surface area contributed by atoms with Crippen LogP contribution in [-0.2, 0) is 14.3 Å². The minimum absolute atomic E-state index is 0.0131. The first-order chi connectivity index (χ1) is 20.9. The molecule has 3 aromatic heterocycles. The van der Waals surface area contributed by atoms with Gasteiger partial charge in [0.05, 0.1) is 12.9 Å². The topological polar surface area (TPSA) is 287 Å². The fourth-order valence-electron chi connectivity index (χ4n) is 4.64. The number of anilines is 2. The molecular formula is C25H38N8O10S. The van der Waals surface area contributed by atoms with Gasteiger partial charge < -0.3 is 51.0 Å². The average Bonchev–Trinajstić information content (AvgIpc) is 3.61. The fourth-order valence-corrected chi connectivity index (χ4v) is 5.57. The first-order valence-corrected chi connectivity index (χ1v) is 14.7. The third kappa shape index (κ3) is 8.39. The van der Waals surface area contributed by atoms with Crippen molar-refractivity contribution in [2.45, 2.75) is 50.4 Å². The Hall–Kier alpha value is -3.43. The number of aromatic amines is 1. The molecular weight excluding hydrogens is 604 g/mol. The molecule has 1 saturated heterocycles. The highest BCUT2D eigenvalue weighted by Crippen LogP contribution is 2.44. The van der Waals surface area contributed by atoms with Gasteiger partial charge >= 0.3 is 5.69 Å². The zero-order chi connectivity index (χ0) is 32.6. The van der Waals surface area contributed by atoms with E-state index >= 15 is 0 Å². The zero-order valence-electron chi connectivity index (χ0n) is 24.1. The molecule has 0 amide bonds. The molecule has 1 aliphatic carbocycles. The average molecular weight is 643 g/mol. The van der Waals surface area contributed by atoms with Crippen molar-refractivity contribution in [1.82, 2.24) is 29.1 Å². The number of imidazole rings is 1. The maximum Gasteiger partial charge on any atom is 0.351 e. The van der Waals surface area contributed by atoms with Gasteiger partial charge in [0.25, 0.3) is 5.56 Å². The Balaban J connectivity index is 0.000000190. The van der Waals surface area contributed by atoms with Crippen molar-refractivity contribution in [1.29, 1.82) is 0 Å². The number of hydrogen-bond acceptors (Lipinski definition) is 16. The smallest absolute Gasteiger partial charge is 0.351 e. The molecule has 2 fully saturated rings. The number of nitrogens with zero attached hydrogens (tertiary/aromatic N) is 5. The molecule has 0 aromatic carbocycles. The molecule has 19 heteroatoms. The maximum absolute atomic E-state index is 11.7. The van der Waals surface area contributed by atoms with Crippen LogP contribution in [0.25, 0.3) is 11.2 Å². The van der Waals surface area contributed by atoms with Crippen LogP contribution in [0.2, 0.25) is 0 Å². The van der Waals surface area contributed by atoms with Gasteiger partial charge in [-0.25, -0.2) is 9.78 Å². The Labute approximate surface area is 254 Å². The number of nitrogens with one attached hydrogen (secondary N) is 1. The van der Waals surface area contributed by atoms with Gasteiger partial charge in [-0.2, -0.15) is 9.97 Å². The number of nitrogens with two attached hydrogens (primary N) is 2. The van der Waals surface area contributed by atoms with Crippen molar-refractivity contribution in [2.75, 3.05) is 43.6 Å². The third-order valence-electron chi connectivity index (χ3n) is 7.01. The molecule has 5 rings (SSSR count). The van der Waals surface area contributed by atoms with Crippen LogP contribution < -0.4 is 22.7 Å². The van der Waals surface area contributed by atoms with Crippen LogP contribution >= 0.6 is 11.8 Å².